The number of fused-ring (bicyclic) bond motifs is 1. The van der Waals surface area contributed by atoms with E-state index in [2.05, 4.69) is 27.1 Å². The number of thiophene rings is 1. The van der Waals surface area contributed by atoms with Gasteiger partial charge in [-0.3, -0.25) is 9.69 Å². The van der Waals surface area contributed by atoms with Crippen LogP contribution in [0.25, 0.3) is 10.3 Å². The molecule has 1 aliphatic carbocycles. The zero-order valence-electron chi connectivity index (χ0n) is 12.0. The smallest absolute Gasteiger partial charge is 0.263 e. The van der Waals surface area contributed by atoms with Gasteiger partial charge in [-0.2, -0.15) is 0 Å². The Morgan fingerprint density at radius 1 is 1.48 bits per heavy atom. The SMILES string of the molecule is CCN(CCNC(=O)c1sc2nccnc2c1N)C1CC1. The molecule has 0 spiro atoms. The molecular formula is C14H19N5OS. The molecule has 3 rings (SSSR count). The van der Waals surface area contributed by atoms with E-state index in [0.717, 1.165) is 19.1 Å². The van der Waals surface area contributed by atoms with Crippen LogP contribution >= 0.6 is 11.3 Å². The predicted octanol–water partition coefficient (Wildman–Crippen LogP) is 1.49. The van der Waals surface area contributed by atoms with Crippen molar-refractivity contribution in [2.24, 2.45) is 0 Å². The van der Waals surface area contributed by atoms with Crippen LogP contribution in [0.4, 0.5) is 5.69 Å². The van der Waals surface area contributed by atoms with Crippen molar-refractivity contribution in [3.8, 4) is 0 Å². The summed E-state index contributed by atoms with van der Waals surface area (Å²) in [5.41, 5.74) is 7.03. The molecule has 2 heterocycles. The highest BCUT2D eigenvalue weighted by molar-refractivity contribution is 7.21. The monoisotopic (exact) mass is 305 g/mol. The third kappa shape index (κ3) is 2.98. The second kappa shape index (κ2) is 5.95. The summed E-state index contributed by atoms with van der Waals surface area (Å²) >= 11 is 1.29. The Bertz CT molecular complexity index is 652. The number of rotatable bonds is 6. The zero-order chi connectivity index (χ0) is 14.8. The Kier molecular flexibility index (Phi) is 4.03. The molecule has 1 fully saturated rings. The molecule has 1 saturated carbocycles. The highest BCUT2D eigenvalue weighted by Gasteiger charge is 2.27. The molecule has 0 bridgehead atoms. The molecule has 0 aromatic carbocycles. The van der Waals surface area contributed by atoms with E-state index in [9.17, 15) is 4.79 Å². The van der Waals surface area contributed by atoms with Crippen LogP contribution in [-0.2, 0) is 0 Å². The van der Waals surface area contributed by atoms with Crippen molar-refractivity contribution in [1.29, 1.82) is 0 Å². The largest absolute Gasteiger partial charge is 0.396 e. The minimum Gasteiger partial charge on any atom is -0.396 e. The number of hydrogen-bond acceptors (Lipinski definition) is 6. The molecule has 0 saturated heterocycles. The summed E-state index contributed by atoms with van der Waals surface area (Å²) in [5, 5.41) is 2.94. The van der Waals surface area contributed by atoms with Crippen molar-refractivity contribution in [3.05, 3.63) is 17.3 Å². The van der Waals surface area contributed by atoms with Crippen molar-refractivity contribution in [1.82, 2.24) is 20.2 Å². The van der Waals surface area contributed by atoms with E-state index in [-0.39, 0.29) is 5.91 Å². The number of nitrogens with two attached hydrogens (primary N) is 1. The van der Waals surface area contributed by atoms with Gasteiger partial charge in [-0.15, -0.1) is 11.3 Å². The van der Waals surface area contributed by atoms with Crippen LogP contribution < -0.4 is 11.1 Å². The van der Waals surface area contributed by atoms with Crippen molar-refractivity contribution >= 4 is 33.3 Å². The van der Waals surface area contributed by atoms with Crippen molar-refractivity contribution in [2.75, 3.05) is 25.4 Å². The van der Waals surface area contributed by atoms with E-state index >= 15 is 0 Å². The molecule has 0 aliphatic heterocycles. The van der Waals surface area contributed by atoms with Crippen molar-refractivity contribution in [2.45, 2.75) is 25.8 Å². The van der Waals surface area contributed by atoms with E-state index in [1.165, 1.54) is 24.2 Å². The number of nitrogens with zero attached hydrogens (tertiary/aromatic N) is 3. The first-order valence-corrected chi connectivity index (χ1v) is 8.03. The number of nitrogen functional groups attached to an aromatic ring is 1. The molecule has 0 atom stereocenters. The number of amides is 1. The van der Waals surface area contributed by atoms with Crippen LogP contribution in [0, 0.1) is 0 Å². The number of nitrogens with one attached hydrogen (secondary N) is 1. The number of anilines is 1. The molecule has 2 aromatic heterocycles. The summed E-state index contributed by atoms with van der Waals surface area (Å²) in [6.07, 6.45) is 5.75. The summed E-state index contributed by atoms with van der Waals surface area (Å²) in [6.45, 7) is 4.70. The van der Waals surface area contributed by atoms with Gasteiger partial charge in [0.1, 0.15) is 15.2 Å². The van der Waals surface area contributed by atoms with Gasteiger partial charge in [-0.25, -0.2) is 9.97 Å². The summed E-state index contributed by atoms with van der Waals surface area (Å²) < 4.78 is 0. The van der Waals surface area contributed by atoms with Crippen LogP contribution in [0.1, 0.15) is 29.4 Å². The molecule has 6 nitrogen and oxygen atoms in total. The maximum absolute atomic E-state index is 12.2. The Labute approximate surface area is 127 Å². The zero-order valence-corrected chi connectivity index (χ0v) is 12.8. The molecule has 112 valence electrons. The lowest BCUT2D eigenvalue weighted by Crippen LogP contribution is -2.36. The van der Waals surface area contributed by atoms with Gasteiger partial charge in [-0.05, 0) is 19.4 Å². The molecule has 0 radical (unpaired) electrons. The highest BCUT2D eigenvalue weighted by atomic mass is 32.1. The predicted molar refractivity (Wildman–Crippen MR) is 84.4 cm³/mol. The second-order valence-electron chi connectivity index (χ2n) is 5.17. The molecule has 2 aromatic rings. The molecule has 21 heavy (non-hydrogen) atoms. The molecule has 1 aliphatic rings. The molecule has 0 unspecified atom stereocenters. The summed E-state index contributed by atoms with van der Waals surface area (Å²) in [7, 11) is 0. The fourth-order valence-electron chi connectivity index (χ4n) is 2.44. The van der Waals surface area contributed by atoms with Gasteiger partial charge < -0.3 is 11.1 Å². The first-order chi connectivity index (χ1) is 10.2. The molecular weight excluding hydrogens is 286 g/mol. The van der Waals surface area contributed by atoms with Crippen LogP contribution in [0.2, 0.25) is 0 Å². The van der Waals surface area contributed by atoms with Gasteiger partial charge in [0, 0.05) is 31.5 Å². The van der Waals surface area contributed by atoms with E-state index in [4.69, 9.17) is 5.73 Å². The second-order valence-corrected chi connectivity index (χ2v) is 6.17. The van der Waals surface area contributed by atoms with Gasteiger partial charge in [0.2, 0.25) is 0 Å². The molecule has 7 heteroatoms. The highest BCUT2D eigenvalue weighted by Crippen LogP contribution is 2.30. The fourth-order valence-corrected chi connectivity index (χ4v) is 3.38. The summed E-state index contributed by atoms with van der Waals surface area (Å²) in [4.78, 5) is 24.2. The van der Waals surface area contributed by atoms with Crippen LogP contribution in [0.15, 0.2) is 12.4 Å². The maximum Gasteiger partial charge on any atom is 0.263 e. The summed E-state index contributed by atoms with van der Waals surface area (Å²) in [6, 6.07) is 0.717. The standard InChI is InChI=1S/C14H19N5OS/c1-2-19(9-3-4-9)8-7-17-13(20)12-10(15)11-14(21-12)18-6-5-16-11/h5-6,9H,2-4,7-8,15H2,1H3,(H,17,20). The number of carbonyl (C=O) groups is 1. The number of hydrogen-bond donors (Lipinski definition) is 2. The Balaban J connectivity index is 1.62. The lowest BCUT2D eigenvalue weighted by molar-refractivity contribution is 0.0953. The Hall–Kier alpha value is -1.73. The first kappa shape index (κ1) is 14.2. The van der Waals surface area contributed by atoms with E-state index in [1.807, 2.05) is 0 Å². The average molecular weight is 305 g/mol. The third-order valence-electron chi connectivity index (χ3n) is 3.72. The first-order valence-electron chi connectivity index (χ1n) is 7.22. The third-order valence-corrected chi connectivity index (χ3v) is 4.82. The van der Waals surface area contributed by atoms with E-state index in [1.54, 1.807) is 12.4 Å². The van der Waals surface area contributed by atoms with E-state index in [0.29, 0.717) is 27.5 Å². The Morgan fingerprint density at radius 2 is 2.24 bits per heavy atom. The van der Waals surface area contributed by atoms with Gasteiger partial charge in [0.05, 0.1) is 5.69 Å². The van der Waals surface area contributed by atoms with Gasteiger partial charge >= 0.3 is 0 Å². The van der Waals surface area contributed by atoms with Gasteiger partial charge in [0.15, 0.2) is 0 Å². The Morgan fingerprint density at radius 3 is 2.90 bits per heavy atom. The van der Waals surface area contributed by atoms with Crippen molar-refractivity contribution in [3.63, 3.8) is 0 Å². The van der Waals surface area contributed by atoms with Crippen LogP contribution in [0.3, 0.4) is 0 Å². The number of carbonyl (C=O) groups excluding carboxylic acids is 1. The average Bonchev–Trinajstić information content (AvgIpc) is 3.28. The van der Waals surface area contributed by atoms with Gasteiger partial charge in [0.25, 0.3) is 5.91 Å². The molecule has 1 amide bonds. The van der Waals surface area contributed by atoms with E-state index < -0.39 is 0 Å². The van der Waals surface area contributed by atoms with Crippen LogP contribution in [0.5, 0.6) is 0 Å². The molecule has 3 N–H and O–H groups in total. The van der Waals surface area contributed by atoms with Crippen molar-refractivity contribution < 1.29 is 4.79 Å². The van der Waals surface area contributed by atoms with Gasteiger partial charge in [-0.1, -0.05) is 6.92 Å². The quantitative estimate of drug-likeness (QED) is 0.844. The minimum absolute atomic E-state index is 0.135. The fraction of sp³-hybridized carbons (Fsp3) is 0.500. The van der Waals surface area contributed by atoms with Crippen LogP contribution in [-0.4, -0.2) is 46.5 Å². The number of aromatic nitrogens is 2. The summed E-state index contributed by atoms with van der Waals surface area (Å²) in [5.74, 6) is -0.135. The topological polar surface area (TPSA) is 84.1 Å². The minimum atomic E-state index is -0.135. The number of likely N-dealkylation sites (N-methyl/N-ethyl adjacent to an activating group) is 1. The lowest BCUT2D eigenvalue weighted by atomic mass is 10.3. The normalized spacial score (nSPS) is 14.8. The lowest BCUT2D eigenvalue weighted by Gasteiger charge is -2.19. The maximum atomic E-state index is 12.2.